The lowest BCUT2D eigenvalue weighted by molar-refractivity contribution is -0.132. The molecule has 0 saturated carbocycles. The molecule has 172 valence electrons. The molecule has 0 atom stereocenters. The molecule has 0 radical (unpaired) electrons. The summed E-state index contributed by atoms with van der Waals surface area (Å²) < 4.78 is 23.8. The summed E-state index contributed by atoms with van der Waals surface area (Å²) in [7, 11) is -3.85. The number of hydrogen-bond acceptors (Lipinski definition) is 4. The van der Waals surface area contributed by atoms with E-state index in [4.69, 9.17) is 16.3 Å². The van der Waals surface area contributed by atoms with Crippen LogP contribution in [0.25, 0.3) is 11.1 Å². The lowest BCUT2D eigenvalue weighted by Gasteiger charge is -2.27. The predicted octanol–water partition coefficient (Wildman–Crippen LogP) is 3.26. The number of amides is 1. The SMILES string of the molecule is CC(C)N(Cc1cccc(C(=N)N)c1)C(=O)Cc1ccc(-c2ccccc2S(N)(=O)=O)cc1. The summed E-state index contributed by atoms with van der Waals surface area (Å²) in [5.74, 6) is -0.0423. The molecule has 3 aromatic carbocycles. The summed E-state index contributed by atoms with van der Waals surface area (Å²) >= 11 is 0. The van der Waals surface area contributed by atoms with Crippen molar-refractivity contribution in [2.45, 2.75) is 37.8 Å². The smallest absolute Gasteiger partial charge is 0.238 e. The summed E-state index contributed by atoms with van der Waals surface area (Å²) in [6.07, 6.45) is 0.210. The molecule has 5 N–H and O–H groups in total. The minimum absolute atomic E-state index is 0.0108. The topological polar surface area (TPSA) is 130 Å². The molecule has 0 saturated heterocycles. The van der Waals surface area contributed by atoms with Gasteiger partial charge in [-0.1, -0.05) is 60.7 Å². The number of nitrogen functional groups attached to an aromatic ring is 1. The van der Waals surface area contributed by atoms with E-state index in [1.807, 2.05) is 44.2 Å². The molecule has 0 bridgehead atoms. The van der Waals surface area contributed by atoms with Gasteiger partial charge < -0.3 is 10.6 Å². The maximum atomic E-state index is 13.1. The van der Waals surface area contributed by atoms with E-state index in [0.29, 0.717) is 23.2 Å². The van der Waals surface area contributed by atoms with E-state index in [0.717, 1.165) is 11.1 Å². The molecule has 0 spiro atoms. The maximum absolute atomic E-state index is 13.1. The Bertz CT molecular complexity index is 1270. The zero-order valence-electron chi connectivity index (χ0n) is 18.7. The van der Waals surface area contributed by atoms with Gasteiger partial charge in [-0.15, -0.1) is 0 Å². The first-order valence-corrected chi connectivity index (χ1v) is 12.0. The van der Waals surface area contributed by atoms with E-state index >= 15 is 0 Å². The van der Waals surface area contributed by atoms with Crippen LogP contribution in [0.15, 0.2) is 77.7 Å². The molecule has 0 aliphatic carbocycles. The third-order valence-electron chi connectivity index (χ3n) is 5.35. The Morgan fingerprint density at radius 1 is 0.970 bits per heavy atom. The molecule has 0 aliphatic rings. The van der Waals surface area contributed by atoms with E-state index in [1.165, 1.54) is 6.07 Å². The highest BCUT2D eigenvalue weighted by Gasteiger charge is 2.19. The number of benzene rings is 3. The van der Waals surface area contributed by atoms with Crippen LogP contribution >= 0.6 is 0 Å². The number of nitrogens with one attached hydrogen (secondary N) is 1. The number of hydrogen-bond donors (Lipinski definition) is 3. The fourth-order valence-corrected chi connectivity index (χ4v) is 4.38. The van der Waals surface area contributed by atoms with Crippen molar-refractivity contribution in [3.63, 3.8) is 0 Å². The molecule has 0 fully saturated rings. The van der Waals surface area contributed by atoms with Crippen LogP contribution < -0.4 is 10.9 Å². The summed E-state index contributed by atoms with van der Waals surface area (Å²) in [6, 6.07) is 21.1. The van der Waals surface area contributed by atoms with E-state index in [1.54, 1.807) is 41.3 Å². The van der Waals surface area contributed by atoms with Crippen molar-refractivity contribution in [3.8, 4) is 11.1 Å². The van der Waals surface area contributed by atoms with Crippen LogP contribution in [0.2, 0.25) is 0 Å². The highest BCUT2D eigenvalue weighted by Crippen LogP contribution is 2.27. The lowest BCUT2D eigenvalue weighted by Crippen LogP contribution is -2.37. The van der Waals surface area contributed by atoms with Gasteiger partial charge in [0.1, 0.15) is 5.84 Å². The Morgan fingerprint density at radius 3 is 2.24 bits per heavy atom. The summed E-state index contributed by atoms with van der Waals surface area (Å²) in [6.45, 7) is 4.33. The second-order valence-electron chi connectivity index (χ2n) is 8.14. The Hall–Kier alpha value is -3.49. The Labute approximate surface area is 194 Å². The van der Waals surface area contributed by atoms with E-state index in [2.05, 4.69) is 0 Å². The van der Waals surface area contributed by atoms with Crippen molar-refractivity contribution in [1.29, 1.82) is 5.41 Å². The zero-order valence-corrected chi connectivity index (χ0v) is 19.5. The van der Waals surface area contributed by atoms with Gasteiger partial charge in [0.25, 0.3) is 0 Å². The van der Waals surface area contributed by atoms with Gasteiger partial charge in [0, 0.05) is 23.7 Å². The van der Waals surface area contributed by atoms with E-state index < -0.39 is 10.0 Å². The average Bonchev–Trinajstić information content (AvgIpc) is 2.77. The summed E-state index contributed by atoms with van der Waals surface area (Å²) in [4.78, 5) is 14.9. The zero-order chi connectivity index (χ0) is 24.2. The molecule has 3 aromatic rings. The highest BCUT2D eigenvalue weighted by atomic mass is 32.2. The van der Waals surface area contributed by atoms with Gasteiger partial charge >= 0.3 is 0 Å². The molecule has 0 aliphatic heterocycles. The number of amidine groups is 1. The Balaban J connectivity index is 1.78. The molecular weight excluding hydrogens is 436 g/mol. The normalized spacial score (nSPS) is 11.4. The Morgan fingerprint density at radius 2 is 1.64 bits per heavy atom. The van der Waals surface area contributed by atoms with Gasteiger partial charge in [-0.3, -0.25) is 10.2 Å². The molecule has 3 rings (SSSR count). The third kappa shape index (κ3) is 6.06. The molecule has 0 unspecified atom stereocenters. The van der Waals surface area contributed by atoms with Crippen molar-refractivity contribution in [3.05, 3.63) is 89.5 Å². The van der Waals surface area contributed by atoms with Gasteiger partial charge in [0.05, 0.1) is 11.3 Å². The van der Waals surface area contributed by atoms with Crippen LogP contribution in [-0.2, 0) is 27.8 Å². The number of sulfonamides is 1. The molecule has 7 nitrogen and oxygen atoms in total. The van der Waals surface area contributed by atoms with Gasteiger partial charge in [-0.25, -0.2) is 13.6 Å². The average molecular weight is 465 g/mol. The first-order valence-electron chi connectivity index (χ1n) is 10.5. The largest absolute Gasteiger partial charge is 0.384 e. The van der Waals surface area contributed by atoms with Crippen LogP contribution in [0.1, 0.15) is 30.5 Å². The molecule has 8 heteroatoms. The summed E-state index contributed by atoms with van der Waals surface area (Å²) in [5, 5.41) is 13.0. The van der Waals surface area contributed by atoms with E-state index in [-0.39, 0.29) is 29.1 Å². The molecular formula is C25H28N4O3S. The molecule has 1 amide bonds. The summed E-state index contributed by atoms with van der Waals surface area (Å²) in [5.41, 5.74) is 9.16. The van der Waals surface area contributed by atoms with Crippen LogP contribution in [0.3, 0.4) is 0 Å². The van der Waals surface area contributed by atoms with Gasteiger partial charge in [0.2, 0.25) is 15.9 Å². The van der Waals surface area contributed by atoms with Gasteiger partial charge in [-0.05, 0) is 42.7 Å². The van der Waals surface area contributed by atoms with E-state index in [9.17, 15) is 13.2 Å². The fourth-order valence-electron chi connectivity index (χ4n) is 3.62. The van der Waals surface area contributed by atoms with Crippen molar-refractivity contribution < 1.29 is 13.2 Å². The minimum atomic E-state index is -3.85. The van der Waals surface area contributed by atoms with Gasteiger partial charge in [0.15, 0.2) is 0 Å². The fraction of sp³-hybridized carbons (Fsp3) is 0.200. The highest BCUT2D eigenvalue weighted by molar-refractivity contribution is 7.89. The maximum Gasteiger partial charge on any atom is 0.238 e. The predicted molar refractivity (Wildman–Crippen MR) is 130 cm³/mol. The quantitative estimate of drug-likeness (QED) is 0.349. The monoisotopic (exact) mass is 464 g/mol. The van der Waals surface area contributed by atoms with Crippen LogP contribution in [-0.4, -0.2) is 31.1 Å². The second kappa shape index (κ2) is 9.97. The van der Waals surface area contributed by atoms with Crippen LogP contribution in [0, 0.1) is 5.41 Å². The van der Waals surface area contributed by atoms with Crippen molar-refractivity contribution in [2.75, 3.05) is 0 Å². The van der Waals surface area contributed by atoms with Crippen molar-refractivity contribution in [1.82, 2.24) is 4.90 Å². The second-order valence-corrected chi connectivity index (χ2v) is 9.67. The van der Waals surface area contributed by atoms with Crippen LogP contribution in [0.4, 0.5) is 0 Å². The number of nitrogens with two attached hydrogens (primary N) is 2. The third-order valence-corrected chi connectivity index (χ3v) is 6.32. The van der Waals surface area contributed by atoms with Gasteiger partial charge in [-0.2, -0.15) is 0 Å². The van der Waals surface area contributed by atoms with Crippen LogP contribution in [0.5, 0.6) is 0 Å². The van der Waals surface area contributed by atoms with Crippen molar-refractivity contribution >= 4 is 21.8 Å². The number of rotatable bonds is 8. The first-order chi connectivity index (χ1) is 15.6. The number of carbonyl (C=O) groups excluding carboxylic acids is 1. The number of carbonyl (C=O) groups is 1. The Kier molecular flexibility index (Phi) is 7.30. The first kappa shape index (κ1) is 24.2. The molecule has 0 heterocycles. The minimum Gasteiger partial charge on any atom is -0.384 e. The number of nitrogens with zero attached hydrogens (tertiary/aromatic N) is 1. The molecule has 0 aromatic heterocycles. The van der Waals surface area contributed by atoms with Crippen molar-refractivity contribution in [2.24, 2.45) is 10.9 Å². The molecule has 33 heavy (non-hydrogen) atoms. The number of primary sulfonamides is 1. The lowest BCUT2D eigenvalue weighted by atomic mass is 10.0. The standard InChI is InChI=1S/C25H28N4O3S/c1-17(2)29(16-19-6-5-7-21(14-19)25(26)27)24(30)15-18-10-12-20(13-11-18)22-8-3-4-9-23(22)33(28,31)32/h3-14,17H,15-16H2,1-2H3,(H3,26,27)(H2,28,31,32).